The molecule has 2 rings (SSSR count). The average Bonchev–Trinajstić information content (AvgIpc) is 2.42. The van der Waals surface area contributed by atoms with Crippen LogP contribution in [0.25, 0.3) is 0 Å². The standard InChI is InChI=1S/C14H15NO4/c1-17-12-6-4-10(8-14(12)18-2)19-13-7-9(16)3-5-11(13)15/h3-8,16H,15H2,1-2H3. The Hall–Kier alpha value is -2.56. The molecule has 5 heteroatoms. The minimum absolute atomic E-state index is 0.0877. The lowest BCUT2D eigenvalue weighted by molar-refractivity contribution is 0.352. The summed E-state index contributed by atoms with van der Waals surface area (Å²) in [5, 5.41) is 9.42. The third kappa shape index (κ3) is 2.82. The molecule has 0 aliphatic rings. The third-order valence-electron chi connectivity index (χ3n) is 2.58. The van der Waals surface area contributed by atoms with Crippen LogP contribution >= 0.6 is 0 Å². The van der Waals surface area contributed by atoms with E-state index in [-0.39, 0.29) is 5.75 Å². The van der Waals surface area contributed by atoms with E-state index in [0.29, 0.717) is 28.7 Å². The Morgan fingerprint density at radius 1 is 0.895 bits per heavy atom. The lowest BCUT2D eigenvalue weighted by Crippen LogP contribution is -1.94. The summed E-state index contributed by atoms with van der Waals surface area (Å²) in [5.74, 6) is 2.17. The fraction of sp³-hybridized carbons (Fsp3) is 0.143. The SMILES string of the molecule is COc1ccc(Oc2cc(O)ccc2N)cc1OC. The maximum atomic E-state index is 9.42. The lowest BCUT2D eigenvalue weighted by atomic mass is 10.2. The van der Waals surface area contributed by atoms with Gasteiger partial charge in [-0.05, 0) is 24.3 Å². The highest BCUT2D eigenvalue weighted by Gasteiger charge is 2.08. The topological polar surface area (TPSA) is 73.9 Å². The molecule has 0 amide bonds. The quantitative estimate of drug-likeness (QED) is 0.654. The van der Waals surface area contributed by atoms with Crippen LogP contribution in [0.1, 0.15) is 0 Å². The number of phenols is 1. The predicted octanol–water partition coefficient (Wildman–Crippen LogP) is 2.78. The van der Waals surface area contributed by atoms with Crippen LogP contribution in [0.3, 0.4) is 0 Å². The average molecular weight is 261 g/mol. The fourth-order valence-electron chi connectivity index (χ4n) is 1.62. The van der Waals surface area contributed by atoms with Crippen molar-refractivity contribution in [1.29, 1.82) is 0 Å². The van der Waals surface area contributed by atoms with Gasteiger partial charge in [0.15, 0.2) is 17.2 Å². The van der Waals surface area contributed by atoms with Gasteiger partial charge in [0, 0.05) is 12.1 Å². The number of phenolic OH excluding ortho intramolecular Hbond substituents is 1. The van der Waals surface area contributed by atoms with E-state index in [9.17, 15) is 5.11 Å². The van der Waals surface area contributed by atoms with E-state index < -0.39 is 0 Å². The summed E-state index contributed by atoms with van der Waals surface area (Å²) in [4.78, 5) is 0. The second-order valence-electron chi connectivity index (χ2n) is 3.84. The number of ether oxygens (including phenoxy) is 3. The monoisotopic (exact) mass is 261 g/mol. The molecule has 0 bridgehead atoms. The van der Waals surface area contributed by atoms with Crippen molar-refractivity contribution < 1.29 is 19.3 Å². The van der Waals surface area contributed by atoms with Crippen molar-refractivity contribution in [2.45, 2.75) is 0 Å². The molecule has 0 saturated heterocycles. The van der Waals surface area contributed by atoms with Crippen molar-refractivity contribution >= 4 is 5.69 Å². The van der Waals surface area contributed by atoms with Crippen LogP contribution in [0.5, 0.6) is 28.7 Å². The van der Waals surface area contributed by atoms with E-state index in [1.807, 2.05) is 0 Å². The van der Waals surface area contributed by atoms with Crippen LogP contribution < -0.4 is 19.9 Å². The summed E-state index contributed by atoms with van der Waals surface area (Å²) < 4.78 is 15.9. The molecule has 3 N–H and O–H groups in total. The summed E-state index contributed by atoms with van der Waals surface area (Å²) in [5.41, 5.74) is 6.21. The third-order valence-corrected chi connectivity index (χ3v) is 2.58. The molecule has 0 aliphatic heterocycles. The molecule has 0 radical (unpaired) electrons. The van der Waals surface area contributed by atoms with Crippen LogP contribution in [0.4, 0.5) is 5.69 Å². The number of hydrogen-bond donors (Lipinski definition) is 2. The van der Waals surface area contributed by atoms with Crippen LogP contribution in [0, 0.1) is 0 Å². The summed E-state index contributed by atoms with van der Waals surface area (Å²) in [7, 11) is 3.11. The molecule has 2 aromatic rings. The molecule has 0 aromatic heterocycles. The number of hydrogen-bond acceptors (Lipinski definition) is 5. The molecule has 100 valence electrons. The van der Waals surface area contributed by atoms with Gasteiger partial charge in [-0.25, -0.2) is 0 Å². The normalized spacial score (nSPS) is 10.0. The van der Waals surface area contributed by atoms with Gasteiger partial charge >= 0.3 is 0 Å². The van der Waals surface area contributed by atoms with Gasteiger partial charge in [-0.1, -0.05) is 0 Å². The Morgan fingerprint density at radius 2 is 1.63 bits per heavy atom. The van der Waals surface area contributed by atoms with Crippen molar-refractivity contribution in [2.24, 2.45) is 0 Å². The van der Waals surface area contributed by atoms with Crippen molar-refractivity contribution in [1.82, 2.24) is 0 Å². The number of methoxy groups -OCH3 is 2. The molecule has 19 heavy (non-hydrogen) atoms. The van der Waals surface area contributed by atoms with Crippen molar-refractivity contribution in [2.75, 3.05) is 20.0 Å². The number of nitrogen functional groups attached to an aromatic ring is 1. The van der Waals surface area contributed by atoms with E-state index in [0.717, 1.165) is 0 Å². The highest BCUT2D eigenvalue weighted by Crippen LogP contribution is 2.35. The molecule has 0 unspecified atom stereocenters. The maximum absolute atomic E-state index is 9.42. The lowest BCUT2D eigenvalue weighted by Gasteiger charge is -2.12. The van der Waals surface area contributed by atoms with Crippen molar-refractivity contribution in [3.8, 4) is 28.7 Å². The maximum Gasteiger partial charge on any atom is 0.164 e. The Bertz CT molecular complexity index is 584. The van der Waals surface area contributed by atoms with E-state index >= 15 is 0 Å². The molecule has 0 fully saturated rings. The summed E-state index contributed by atoms with van der Waals surface area (Å²) in [6.07, 6.45) is 0. The van der Waals surface area contributed by atoms with Gasteiger partial charge in [0.2, 0.25) is 0 Å². The molecule has 0 spiro atoms. The number of benzene rings is 2. The minimum Gasteiger partial charge on any atom is -0.508 e. The highest BCUT2D eigenvalue weighted by atomic mass is 16.5. The smallest absolute Gasteiger partial charge is 0.164 e. The summed E-state index contributed by atoms with van der Waals surface area (Å²) in [6, 6.07) is 9.66. The molecular formula is C14H15NO4. The van der Waals surface area contributed by atoms with Crippen molar-refractivity contribution in [3.63, 3.8) is 0 Å². The van der Waals surface area contributed by atoms with Crippen LogP contribution in [0.2, 0.25) is 0 Å². The largest absolute Gasteiger partial charge is 0.508 e. The second-order valence-corrected chi connectivity index (χ2v) is 3.84. The van der Waals surface area contributed by atoms with Crippen LogP contribution in [-0.4, -0.2) is 19.3 Å². The van der Waals surface area contributed by atoms with Gasteiger partial charge in [0.1, 0.15) is 11.5 Å². The van der Waals surface area contributed by atoms with E-state index in [2.05, 4.69) is 0 Å². The Morgan fingerprint density at radius 3 is 2.32 bits per heavy atom. The van der Waals surface area contributed by atoms with Gasteiger partial charge < -0.3 is 25.1 Å². The zero-order chi connectivity index (χ0) is 13.8. The minimum atomic E-state index is 0.0877. The Labute approximate surface area is 111 Å². The molecular weight excluding hydrogens is 246 g/mol. The Balaban J connectivity index is 2.30. The van der Waals surface area contributed by atoms with Crippen LogP contribution in [-0.2, 0) is 0 Å². The first-order chi connectivity index (χ1) is 9.13. The molecule has 2 aromatic carbocycles. The predicted molar refractivity (Wildman–Crippen MR) is 72.1 cm³/mol. The zero-order valence-electron chi connectivity index (χ0n) is 10.7. The molecule has 5 nitrogen and oxygen atoms in total. The van der Waals surface area contributed by atoms with Gasteiger partial charge in [-0.2, -0.15) is 0 Å². The first kappa shape index (κ1) is 12.9. The molecule has 0 heterocycles. The number of nitrogens with two attached hydrogens (primary N) is 1. The zero-order valence-corrected chi connectivity index (χ0v) is 10.7. The molecule has 0 saturated carbocycles. The highest BCUT2D eigenvalue weighted by molar-refractivity contribution is 5.57. The van der Waals surface area contributed by atoms with Gasteiger partial charge in [0.05, 0.1) is 19.9 Å². The molecule has 0 atom stereocenters. The van der Waals surface area contributed by atoms with Gasteiger partial charge in [0.25, 0.3) is 0 Å². The fourth-order valence-corrected chi connectivity index (χ4v) is 1.62. The number of anilines is 1. The van der Waals surface area contributed by atoms with Gasteiger partial charge in [-0.15, -0.1) is 0 Å². The molecule has 0 aliphatic carbocycles. The number of rotatable bonds is 4. The first-order valence-corrected chi connectivity index (χ1v) is 5.62. The van der Waals surface area contributed by atoms with E-state index in [1.165, 1.54) is 12.1 Å². The number of aromatic hydroxyl groups is 1. The summed E-state index contributed by atoms with van der Waals surface area (Å²) >= 11 is 0. The van der Waals surface area contributed by atoms with Gasteiger partial charge in [-0.3, -0.25) is 0 Å². The summed E-state index contributed by atoms with van der Waals surface area (Å²) in [6.45, 7) is 0. The Kier molecular flexibility index (Phi) is 3.66. The van der Waals surface area contributed by atoms with Crippen LogP contribution in [0.15, 0.2) is 36.4 Å². The second kappa shape index (κ2) is 5.39. The van der Waals surface area contributed by atoms with E-state index in [1.54, 1.807) is 38.5 Å². The van der Waals surface area contributed by atoms with E-state index in [4.69, 9.17) is 19.9 Å². The van der Waals surface area contributed by atoms with Crippen molar-refractivity contribution in [3.05, 3.63) is 36.4 Å². The first-order valence-electron chi connectivity index (χ1n) is 5.62.